The predicted octanol–water partition coefficient (Wildman–Crippen LogP) is 3.49. The highest BCUT2D eigenvalue weighted by Crippen LogP contribution is 2.31. The van der Waals surface area contributed by atoms with E-state index in [-0.39, 0.29) is 18.9 Å². The number of aryl methyl sites for hydroxylation is 1. The lowest BCUT2D eigenvalue weighted by Crippen LogP contribution is -2.28. The van der Waals surface area contributed by atoms with Crippen LogP contribution in [0.3, 0.4) is 0 Å². The average molecular weight is 401 g/mol. The number of esters is 1. The topological polar surface area (TPSA) is 75.7 Å². The van der Waals surface area contributed by atoms with Crippen LogP contribution in [0.25, 0.3) is 0 Å². The molecule has 2 aromatic carbocycles. The SMILES string of the molecule is Cc1cccc(NC(=O)COC(=O)[C@H]2CC(=O)N(c3cccc(Cl)c3C)C2)c1. The molecule has 2 aromatic rings. The van der Waals surface area contributed by atoms with Gasteiger partial charge in [-0.15, -0.1) is 0 Å². The molecule has 1 fully saturated rings. The van der Waals surface area contributed by atoms with Crippen molar-refractivity contribution in [1.82, 2.24) is 0 Å². The first-order valence-corrected chi connectivity index (χ1v) is 9.31. The van der Waals surface area contributed by atoms with Crippen LogP contribution in [0, 0.1) is 19.8 Å². The van der Waals surface area contributed by atoms with Crippen LogP contribution in [0.4, 0.5) is 11.4 Å². The maximum Gasteiger partial charge on any atom is 0.311 e. The summed E-state index contributed by atoms with van der Waals surface area (Å²) in [6, 6.07) is 12.6. The smallest absolute Gasteiger partial charge is 0.311 e. The van der Waals surface area contributed by atoms with Gasteiger partial charge in [0.05, 0.1) is 5.92 Å². The Morgan fingerprint density at radius 3 is 2.71 bits per heavy atom. The minimum absolute atomic E-state index is 0.0459. The second-order valence-electron chi connectivity index (χ2n) is 6.81. The fourth-order valence-electron chi connectivity index (χ4n) is 3.16. The van der Waals surface area contributed by atoms with E-state index >= 15 is 0 Å². The van der Waals surface area contributed by atoms with Gasteiger partial charge in [-0.2, -0.15) is 0 Å². The zero-order valence-electron chi connectivity index (χ0n) is 15.7. The zero-order chi connectivity index (χ0) is 20.3. The Bertz CT molecular complexity index is 928. The third kappa shape index (κ3) is 4.51. The number of amides is 2. The molecule has 0 spiro atoms. The van der Waals surface area contributed by atoms with E-state index in [0.717, 1.165) is 11.1 Å². The van der Waals surface area contributed by atoms with Crippen LogP contribution in [-0.4, -0.2) is 30.9 Å². The van der Waals surface area contributed by atoms with Gasteiger partial charge >= 0.3 is 5.97 Å². The largest absolute Gasteiger partial charge is 0.455 e. The molecule has 1 atom stereocenters. The van der Waals surface area contributed by atoms with Crippen molar-refractivity contribution in [1.29, 1.82) is 0 Å². The Morgan fingerprint density at radius 2 is 1.96 bits per heavy atom. The number of hydrogen-bond acceptors (Lipinski definition) is 4. The lowest BCUT2D eigenvalue weighted by molar-refractivity contribution is -0.151. The first-order chi connectivity index (χ1) is 13.3. The van der Waals surface area contributed by atoms with Gasteiger partial charge in [0.25, 0.3) is 5.91 Å². The second-order valence-corrected chi connectivity index (χ2v) is 7.22. The molecule has 3 rings (SSSR count). The van der Waals surface area contributed by atoms with Gasteiger partial charge < -0.3 is 15.0 Å². The van der Waals surface area contributed by atoms with Crippen LogP contribution in [-0.2, 0) is 19.1 Å². The number of nitrogens with zero attached hydrogens (tertiary/aromatic N) is 1. The quantitative estimate of drug-likeness (QED) is 0.779. The van der Waals surface area contributed by atoms with Crippen LogP contribution in [0.5, 0.6) is 0 Å². The molecule has 1 saturated heterocycles. The lowest BCUT2D eigenvalue weighted by atomic mass is 10.1. The Labute approximate surface area is 168 Å². The van der Waals surface area contributed by atoms with E-state index in [9.17, 15) is 14.4 Å². The number of rotatable bonds is 5. The molecule has 1 aliphatic rings. The van der Waals surface area contributed by atoms with Crippen molar-refractivity contribution >= 4 is 40.8 Å². The van der Waals surface area contributed by atoms with E-state index in [0.29, 0.717) is 16.4 Å². The Balaban J connectivity index is 1.56. The number of carbonyl (C=O) groups is 3. The fraction of sp³-hybridized carbons (Fsp3) is 0.286. The summed E-state index contributed by atoms with van der Waals surface area (Å²) in [6.07, 6.45) is 0.0459. The van der Waals surface area contributed by atoms with Gasteiger partial charge in [0, 0.05) is 29.4 Å². The number of ether oxygens (including phenoxy) is 1. The Hall–Kier alpha value is -2.86. The number of benzene rings is 2. The fourth-order valence-corrected chi connectivity index (χ4v) is 3.33. The third-order valence-electron chi connectivity index (χ3n) is 4.64. The Morgan fingerprint density at radius 1 is 1.21 bits per heavy atom. The molecule has 0 saturated carbocycles. The molecule has 1 heterocycles. The zero-order valence-corrected chi connectivity index (χ0v) is 16.5. The minimum Gasteiger partial charge on any atom is -0.455 e. The average Bonchev–Trinajstić information content (AvgIpc) is 3.04. The van der Waals surface area contributed by atoms with Crippen molar-refractivity contribution < 1.29 is 19.1 Å². The molecule has 0 unspecified atom stereocenters. The summed E-state index contributed by atoms with van der Waals surface area (Å²) in [7, 11) is 0. The van der Waals surface area contributed by atoms with Gasteiger partial charge in [0.1, 0.15) is 0 Å². The molecular weight excluding hydrogens is 380 g/mol. The summed E-state index contributed by atoms with van der Waals surface area (Å²) in [5, 5.41) is 3.24. The molecule has 2 amide bonds. The molecule has 7 heteroatoms. The van der Waals surface area contributed by atoms with Crippen molar-refractivity contribution in [2.45, 2.75) is 20.3 Å². The van der Waals surface area contributed by atoms with E-state index in [1.165, 1.54) is 0 Å². The minimum atomic E-state index is -0.613. The normalized spacial score (nSPS) is 16.2. The summed E-state index contributed by atoms with van der Waals surface area (Å²) < 4.78 is 5.12. The van der Waals surface area contributed by atoms with Crippen LogP contribution in [0.1, 0.15) is 17.5 Å². The van der Waals surface area contributed by atoms with E-state index in [4.69, 9.17) is 16.3 Å². The first kappa shape index (κ1) is 19.9. The van der Waals surface area contributed by atoms with Gasteiger partial charge in [0.15, 0.2) is 6.61 Å². The van der Waals surface area contributed by atoms with Gasteiger partial charge in [-0.05, 0) is 49.2 Å². The van der Waals surface area contributed by atoms with Gasteiger partial charge in [-0.3, -0.25) is 14.4 Å². The molecule has 0 radical (unpaired) electrons. The molecule has 0 aromatic heterocycles. The molecular formula is C21H21ClN2O4. The number of hydrogen-bond donors (Lipinski definition) is 1. The van der Waals surface area contributed by atoms with E-state index in [2.05, 4.69) is 5.32 Å². The Kier molecular flexibility index (Phi) is 5.99. The lowest BCUT2D eigenvalue weighted by Gasteiger charge is -2.19. The third-order valence-corrected chi connectivity index (χ3v) is 5.05. The van der Waals surface area contributed by atoms with Crippen molar-refractivity contribution in [2.24, 2.45) is 5.92 Å². The van der Waals surface area contributed by atoms with Crippen molar-refractivity contribution in [3.05, 3.63) is 58.6 Å². The van der Waals surface area contributed by atoms with Crippen molar-refractivity contribution in [3.63, 3.8) is 0 Å². The highest BCUT2D eigenvalue weighted by atomic mass is 35.5. The number of halogens is 1. The molecule has 0 aliphatic carbocycles. The monoisotopic (exact) mass is 400 g/mol. The molecule has 0 bridgehead atoms. The number of anilines is 2. The van der Waals surface area contributed by atoms with E-state index in [1.807, 2.05) is 32.0 Å². The van der Waals surface area contributed by atoms with Crippen LogP contribution < -0.4 is 10.2 Å². The number of nitrogens with one attached hydrogen (secondary N) is 1. The van der Waals surface area contributed by atoms with Gasteiger partial charge in [-0.25, -0.2) is 0 Å². The molecule has 1 aliphatic heterocycles. The van der Waals surface area contributed by atoms with Crippen LogP contribution in [0.15, 0.2) is 42.5 Å². The second kappa shape index (κ2) is 8.44. The predicted molar refractivity (Wildman–Crippen MR) is 107 cm³/mol. The van der Waals surface area contributed by atoms with Gasteiger partial charge in [-0.1, -0.05) is 29.8 Å². The number of carbonyl (C=O) groups excluding carboxylic acids is 3. The van der Waals surface area contributed by atoms with E-state index < -0.39 is 24.4 Å². The summed E-state index contributed by atoms with van der Waals surface area (Å²) in [6.45, 7) is 3.55. The van der Waals surface area contributed by atoms with Crippen molar-refractivity contribution in [2.75, 3.05) is 23.4 Å². The van der Waals surface area contributed by atoms with Crippen molar-refractivity contribution in [3.8, 4) is 0 Å². The molecule has 28 heavy (non-hydrogen) atoms. The molecule has 1 N–H and O–H groups in total. The molecule has 146 valence electrons. The van der Waals surface area contributed by atoms with Crippen LogP contribution >= 0.6 is 11.6 Å². The van der Waals surface area contributed by atoms with Gasteiger partial charge in [0.2, 0.25) is 5.91 Å². The highest BCUT2D eigenvalue weighted by Gasteiger charge is 2.37. The maximum atomic E-state index is 12.4. The maximum absolute atomic E-state index is 12.4. The summed E-state index contributed by atoms with van der Waals surface area (Å²) >= 11 is 6.13. The highest BCUT2D eigenvalue weighted by molar-refractivity contribution is 6.31. The van der Waals surface area contributed by atoms with Crippen LogP contribution in [0.2, 0.25) is 5.02 Å². The van der Waals surface area contributed by atoms with E-state index in [1.54, 1.807) is 29.2 Å². The standard InChI is InChI=1S/C21H21ClN2O4/c1-13-5-3-6-16(9-13)23-19(25)12-28-21(27)15-10-20(26)24(11-15)18-8-4-7-17(22)14(18)2/h3-9,15H,10-12H2,1-2H3,(H,23,25)/t15-/m0/s1. The summed E-state index contributed by atoms with van der Waals surface area (Å²) in [5.74, 6) is -1.77. The summed E-state index contributed by atoms with van der Waals surface area (Å²) in [4.78, 5) is 38.2. The molecule has 6 nitrogen and oxygen atoms in total. The summed E-state index contributed by atoms with van der Waals surface area (Å²) in [5.41, 5.74) is 3.12. The first-order valence-electron chi connectivity index (χ1n) is 8.94.